The second-order valence-corrected chi connectivity index (χ2v) is 13.2. The minimum atomic E-state index is -0.689. The Hall–Kier alpha value is -3.57. The fourth-order valence-corrected chi connectivity index (χ4v) is 7.26. The van der Waals surface area contributed by atoms with Crippen LogP contribution in [0.25, 0.3) is 0 Å². The van der Waals surface area contributed by atoms with Crippen molar-refractivity contribution in [2.75, 3.05) is 39.9 Å². The number of benzene rings is 2. The zero-order valence-corrected chi connectivity index (χ0v) is 28.2. The lowest BCUT2D eigenvalue weighted by atomic mass is 9.95. The lowest BCUT2D eigenvalue weighted by Crippen LogP contribution is -2.62. The smallest absolute Gasteiger partial charge is 0.249 e. The number of halogens is 2. The van der Waals surface area contributed by atoms with E-state index in [-0.39, 0.29) is 24.5 Å². The van der Waals surface area contributed by atoms with Crippen LogP contribution in [0.2, 0.25) is 5.02 Å². The van der Waals surface area contributed by atoms with Gasteiger partial charge in [-0.15, -0.1) is 0 Å². The number of carbonyl (C=O) groups excluding carboxylic acids is 2. The van der Waals surface area contributed by atoms with E-state index < -0.39 is 6.04 Å². The quantitative estimate of drug-likeness (QED) is 0.227. The molecule has 240 valence electrons. The summed E-state index contributed by atoms with van der Waals surface area (Å²) in [4.78, 5) is 43.2. The van der Waals surface area contributed by atoms with Crippen molar-refractivity contribution in [1.82, 2.24) is 29.2 Å². The van der Waals surface area contributed by atoms with Crippen LogP contribution in [0.1, 0.15) is 40.4 Å². The molecular formula is C35H38BrClN6O3. The number of hydrogen-bond donors (Lipinski definition) is 0. The van der Waals surface area contributed by atoms with Gasteiger partial charge in [-0.3, -0.25) is 19.5 Å². The van der Waals surface area contributed by atoms with Crippen LogP contribution in [-0.2, 0) is 40.3 Å². The average Bonchev–Trinajstić information content (AvgIpc) is 3.53. The van der Waals surface area contributed by atoms with Gasteiger partial charge in [0.05, 0.1) is 18.1 Å². The van der Waals surface area contributed by atoms with Gasteiger partial charge in [0.25, 0.3) is 0 Å². The summed E-state index contributed by atoms with van der Waals surface area (Å²) in [6.45, 7) is 3.01. The SMILES string of the molecule is COCC(=O)N1CCN(C2c3ccc(Cl)cc3CCc3cc(Br)cnc32)C[C@@H]1C(=O)N(CCCn1ccnc1)Cc1ccccc1. The maximum Gasteiger partial charge on any atom is 0.249 e. The zero-order chi connectivity index (χ0) is 32.0. The molecule has 2 aromatic carbocycles. The fourth-order valence-electron chi connectivity index (χ4n) is 6.68. The standard InChI is InChI=1S/C35H38BrClN6O3/c1-46-23-32(44)43-17-16-41(34-30-11-10-29(37)19-26(30)8-9-27-18-28(36)20-39-33(27)34)22-31(43)35(45)42(21-25-6-3-2-4-7-25)14-5-13-40-15-12-38-24-40/h2-4,6-7,10-12,15,18-20,24,31,34H,5,8-9,13-14,16-17,21-23H2,1H3/t31-,34?/m1/s1. The highest BCUT2D eigenvalue weighted by molar-refractivity contribution is 9.10. The molecule has 2 aliphatic rings. The molecule has 0 spiro atoms. The van der Waals surface area contributed by atoms with E-state index in [2.05, 4.69) is 37.9 Å². The molecule has 2 amide bonds. The minimum absolute atomic E-state index is 0.0717. The fraction of sp³-hybridized carbons (Fsp3) is 0.371. The van der Waals surface area contributed by atoms with Gasteiger partial charge in [-0.05, 0) is 75.6 Å². The summed E-state index contributed by atoms with van der Waals surface area (Å²) in [5.41, 5.74) is 5.50. The van der Waals surface area contributed by atoms with E-state index in [0.29, 0.717) is 37.7 Å². The Labute approximate surface area is 283 Å². The summed E-state index contributed by atoms with van der Waals surface area (Å²) in [5.74, 6) is -0.258. The molecule has 0 radical (unpaired) electrons. The van der Waals surface area contributed by atoms with Gasteiger partial charge in [-0.1, -0.05) is 48.0 Å². The maximum absolute atomic E-state index is 14.7. The Morgan fingerprint density at radius 2 is 1.91 bits per heavy atom. The molecule has 1 aliphatic heterocycles. The van der Waals surface area contributed by atoms with E-state index in [1.807, 2.05) is 64.3 Å². The Kier molecular flexibility index (Phi) is 10.5. The molecule has 1 fully saturated rings. The molecular weight excluding hydrogens is 668 g/mol. The summed E-state index contributed by atoms with van der Waals surface area (Å²) < 4.78 is 8.21. The number of imidazole rings is 1. The second-order valence-electron chi connectivity index (χ2n) is 11.9. The number of carbonyl (C=O) groups is 2. The number of pyridine rings is 1. The number of ether oxygens (including phenoxy) is 1. The molecule has 0 N–H and O–H groups in total. The molecule has 2 aromatic heterocycles. The van der Waals surface area contributed by atoms with Gasteiger partial charge in [-0.2, -0.15) is 0 Å². The number of methoxy groups -OCH3 is 1. The molecule has 1 aliphatic carbocycles. The Morgan fingerprint density at radius 3 is 2.70 bits per heavy atom. The van der Waals surface area contributed by atoms with Crippen molar-refractivity contribution in [2.24, 2.45) is 0 Å². The third kappa shape index (κ3) is 7.36. The Bertz CT molecular complexity index is 1600. The number of nitrogens with zero attached hydrogens (tertiary/aromatic N) is 6. The van der Waals surface area contributed by atoms with E-state index in [9.17, 15) is 9.59 Å². The van der Waals surface area contributed by atoms with E-state index in [1.165, 1.54) is 12.7 Å². The second kappa shape index (κ2) is 14.9. The normalized spacial score (nSPS) is 18.0. The third-order valence-electron chi connectivity index (χ3n) is 8.87. The topological polar surface area (TPSA) is 83.8 Å². The summed E-state index contributed by atoms with van der Waals surface area (Å²) in [7, 11) is 1.51. The lowest BCUT2D eigenvalue weighted by molar-refractivity contribution is -0.152. The third-order valence-corrected chi connectivity index (χ3v) is 9.54. The first kappa shape index (κ1) is 32.4. The van der Waals surface area contributed by atoms with E-state index in [4.69, 9.17) is 21.3 Å². The van der Waals surface area contributed by atoms with Crippen LogP contribution in [0.3, 0.4) is 0 Å². The molecule has 1 unspecified atom stereocenters. The van der Waals surface area contributed by atoms with Crippen molar-refractivity contribution in [3.05, 3.63) is 117 Å². The molecule has 0 saturated carbocycles. The van der Waals surface area contributed by atoms with Crippen LogP contribution in [0.15, 0.2) is 84.0 Å². The predicted octanol–water partition coefficient (Wildman–Crippen LogP) is 5.16. The van der Waals surface area contributed by atoms with Crippen molar-refractivity contribution in [3.8, 4) is 0 Å². The van der Waals surface area contributed by atoms with Crippen molar-refractivity contribution < 1.29 is 14.3 Å². The minimum Gasteiger partial charge on any atom is -0.375 e. The highest BCUT2D eigenvalue weighted by Gasteiger charge is 2.41. The molecule has 9 nitrogen and oxygen atoms in total. The van der Waals surface area contributed by atoms with Gasteiger partial charge in [0.2, 0.25) is 11.8 Å². The first-order valence-electron chi connectivity index (χ1n) is 15.6. The molecule has 0 bridgehead atoms. The van der Waals surface area contributed by atoms with Crippen molar-refractivity contribution in [1.29, 1.82) is 0 Å². The van der Waals surface area contributed by atoms with Crippen molar-refractivity contribution >= 4 is 39.3 Å². The largest absolute Gasteiger partial charge is 0.375 e. The number of hydrogen-bond acceptors (Lipinski definition) is 6. The average molecular weight is 706 g/mol. The zero-order valence-electron chi connectivity index (χ0n) is 25.9. The monoisotopic (exact) mass is 704 g/mol. The summed E-state index contributed by atoms with van der Waals surface area (Å²) in [5, 5.41) is 0.702. The van der Waals surface area contributed by atoms with Gasteiger partial charge in [0, 0.05) is 74.5 Å². The van der Waals surface area contributed by atoms with Crippen LogP contribution in [0.4, 0.5) is 0 Å². The summed E-state index contributed by atoms with van der Waals surface area (Å²) in [6.07, 6.45) is 9.74. The molecule has 1 saturated heterocycles. The molecule has 6 rings (SSSR count). The first-order valence-corrected chi connectivity index (χ1v) is 16.8. The molecule has 3 heterocycles. The van der Waals surface area contributed by atoms with Gasteiger partial charge >= 0.3 is 0 Å². The van der Waals surface area contributed by atoms with Gasteiger partial charge in [0.1, 0.15) is 12.6 Å². The van der Waals surface area contributed by atoms with Gasteiger partial charge < -0.3 is 19.1 Å². The van der Waals surface area contributed by atoms with Crippen molar-refractivity contribution in [3.63, 3.8) is 0 Å². The van der Waals surface area contributed by atoms with Crippen LogP contribution < -0.4 is 0 Å². The number of rotatable bonds is 10. The summed E-state index contributed by atoms with van der Waals surface area (Å²) in [6, 6.07) is 17.4. The molecule has 46 heavy (non-hydrogen) atoms. The number of fused-ring (bicyclic) bond motifs is 2. The van der Waals surface area contributed by atoms with Crippen molar-refractivity contribution in [2.45, 2.75) is 44.4 Å². The first-order chi connectivity index (χ1) is 22.4. The molecule has 4 aromatic rings. The number of aryl methyl sites for hydroxylation is 3. The summed E-state index contributed by atoms with van der Waals surface area (Å²) >= 11 is 10.1. The highest BCUT2D eigenvalue weighted by Crippen LogP contribution is 2.38. The molecule has 2 atom stereocenters. The molecule has 11 heteroatoms. The van der Waals surface area contributed by atoms with Gasteiger partial charge in [-0.25, -0.2) is 4.98 Å². The lowest BCUT2D eigenvalue weighted by Gasteiger charge is -2.45. The number of piperazine rings is 1. The van der Waals surface area contributed by atoms with E-state index in [1.54, 1.807) is 17.4 Å². The maximum atomic E-state index is 14.7. The number of amides is 2. The van der Waals surface area contributed by atoms with Crippen LogP contribution in [0, 0.1) is 0 Å². The van der Waals surface area contributed by atoms with E-state index in [0.717, 1.165) is 52.7 Å². The Balaban J connectivity index is 1.34. The van der Waals surface area contributed by atoms with Crippen LogP contribution in [-0.4, -0.2) is 87.0 Å². The Morgan fingerprint density at radius 1 is 1.09 bits per heavy atom. The highest BCUT2D eigenvalue weighted by atomic mass is 79.9. The van der Waals surface area contributed by atoms with Gasteiger partial charge in [0.15, 0.2) is 0 Å². The van der Waals surface area contributed by atoms with Crippen LogP contribution in [0.5, 0.6) is 0 Å². The van der Waals surface area contributed by atoms with E-state index >= 15 is 0 Å². The predicted molar refractivity (Wildman–Crippen MR) is 180 cm³/mol. The van der Waals surface area contributed by atoms with Crippen LogP contribution >= 0.6 is 27.5 Å². The number of aromatic nitrogens is 3.